The van der Waals surface area contributed by atoms with Crippen molar-refractivity contribution in [2.45, 2.75) is 6.92 Å². The molecule has 0 aliphatic heterocycles. The SMILES string of the molecule is C=C(C)COCCNCCOc1cccc(Br)c1. The van der Waals surface area contributed by atoms with Crippen LogP contribution < -0.4 is 10.1 Å². The number of hydrogen-bond donors (Lipinski definition) is 1. The van der Waals surface area contributed by atoms with E-state index in [4.69, 9.17) is 9.47 Å². The highest BCUT2D eigenvalue weighted by molar-refractivity contribution is 9.10. The van der Waals surface area contributed by atoms with Gasteiger partial charge in [0.1, 0.15) is 12.4 Å². The predicted molar refractivity (Wildman–Crippen MR) is 78.1 cm³/mol. The summed E-state index contributed by atoms with van der Waals surface area (Å²) in [7, 11) is 0. The highest BCUT2D eigenvalue weighted by Crippen LogP contribution is 2.17. The molecule has 0 bridgehead atoms. The molecule has 100 valence electrons. The van der Waals surface area contributed by atoms with Gasteiger partial charge in [0, 0.05) is 17.6 Å². The van der Waals surface area contributed by atoms with Gasteiger partial charge in [-0.25, -0.2) is 0 Å². The number of rotatable bonds is 9. The van der Waals surface area contributed by atoms with Crippen molar-refractivity contribution >= 4 is 15.9 Å². The number of benzene rings is 1. The average molecular weight is 314 g/mol. The van der Waals surface area contributed by atoms with Crippen molar-refractivity contribution in [2.24, 2.45) is 0 Å². The lowest BCUT2D eigenvalue weighted by atomic mass is 10.3. The van der Waals surface area contributed by atoms with Crippen LogP contribution in [0.25, 0.3) is 0 Å². The van der Waals surface area contributed by atoms with Gasteiger partial charge in [0.2, 0.25) is 0 Å². The molecule has 0 fully saturated rings. The summed E-state index contributed by atoms with van der Waals surface area (Å²) in [6.45, 7) is 9.35. The Kier molecular flexibility index (Phi) is 7.73. The summed E-state index contributed by atoms with van der Waals surface area (Å²) in [6, 6.07) is 7.83. The lowest BCUT2D eigenvalue weighted by Gasteiger charge is -2.08. The zero-order valence-corrected chi connectivity index (χ0v) is 12.3. The lowest BCUT2D eigenvalue weighted by molar-refractivity contribution is 0.156. The summed E-state index contributed by atoms with van der Waals surface area (Å²) < 4.78 is 12.0. The first kappa shape index (κ1) is 15.2. The van der Waals surface area contributed by atoms with Crippen molar-refractivity contribution in [3.8, 4) is 5.75 Å². The van der Waals surface area contributed by atoms with Gasteiger partial charge in [-0.05, 0) is 25.1 Å². The van der Waals surface area contributed by atoms with Crippen LogP contribution in [0.3, 0.4) is 0 Å². The molecule has 4 heteroatoms. The summed E-state index contributed by atoms with van der Waals surface area (Å²) in [5.74, 6) is 0.879. The maximum absolute atomic E-state index is 5.58. The number of ether oxygens (including phenoxy) is 2. The molecule has 0 aromatic heterocycles. The van der Waals surface area contributed by atoms with Gasteiger partial charge >= 0.3 is 0 Å². The Morgan fingerprint density at radius 3 is 2.83 bits per heavy atom. The Hall–Kier alpha value is -0.840. The highest BCUT2D eigenvalue weighted by Gasteiger charge is 1.94. The molecule has 0 spiro atoms. The number of hydrogen-bond acceptors (Lipinski definition) is 3. The molecule has 1 aromatic rings. The summed E-state index contributed by atoms with van der Waals surface area (Å²) in [5.41, 5.74) is 1.05. The Morgan fingerprint density at radius 2 is 2.11 bits per heavy atom. The standard InChI is InChI=1S/C14H20BrNO2/c1-12(2)11-17-8-6-16-7-9-18-14-5-3-4-13(15)10-14/h3-5,10,16H,1,6-9,11H2,2H3. The normalized spacial score (nSPS) is 10.3. The Bertz CT molecular complexity index is 369. The number of halogens is 1. The molecule has 0 saturated heterocycles. The third kappa shape index (κ3) is 7.48. The zero-order chi connectivity index (χ0) is 13.2. The van der Waals surface area contributed by atoms with Crippen molar-refractivity contribution in [3.63, 3.8) is 0 Å². The molecule has 1 aromatic carbocycles. The van der Waals surface area contributed by atoms with Crippen molar-refractivity contribution < 1.29 is 9.47 Å². The minimum atomic E-state index is 0.635. The van der Waals surface area contributed by atoms with Crippen LogP contribution in [0.2, 0.25) is 0 Å². The first-order valence-corrected chi connectivity index (χ1v) is 6.79. The molecular weight excluding hydrogens is 294 g/mol. The molecule has 1 N–H and O–H groups in total. The van der Waals surface area contributed by atoms with E-state index in [1.54, 1.807) is 0 Å². The molecule has 0 heterocycles. The maximum Gasteiger partial charge on any atom is 0.120 e. The van der Waals surface area contributed by atoms with E-state index in [9.17, 15) is 0 Å². The summed E-state index contributed by atoms with van der Waals surface area (Å²) >= 11 is 3.41. The van der Waals surface area contributed by atoms with Crippen LogP contribution in [0, 0.1) is 0 Å². The van der Waals surface area contributed by atoms with E-state index < -0.39 is 0 Å². The lowest BCUT2D eigenvalue weighted by Crippen LogP contribution is -2.25. The van der Waals surface area contributed by atoms with Crippen LogP contribution in [0.1, 0.15) is 6.92 Å². The van der Waals surface area contributed by atoms with E-state index >= 15 is 0 Å². The second kappa shape index (κ2) is 9.14. The summed E-state index contributed by atoms with van der Waals surface area (Å²) in [6.07, 6.45) is 0. The van der Waals surface area contributed by atoms with Gasteiger partial charge in [-0.1, -0.05) is 34.1 Å². The van der Waals surface area contributed by atoms with E-state index in [1.807, 2.05) is 31.2 Å². The second-order valence-electron chi connectivity index (χ2n) is 4.07. The van der Waals surface area contributed by atoms with Crippen LogP contribution in [0.5, 0.6) is 5.75 Å². The second-order valence-corrected chi connectivity index (χ2v) is 4.98. The molecule has 0 saturated carbocycles. The van der Waals surface area contributed by atoms with Crippen LogP contribution in [0.4, 0.5) is 0 Å². The minimum Gasteiger partial charge on any atom is -0.492 e. The molecule has 0 amide bonds. The first-order valence-electron chi connectivity index (χ1n) is 5.99. The Morgan fingerprint density at radius 1 is 1.33 bits per heavy atom. The fourth-order valence-corrected chi connectivity index (χ4v) is 1.69. The van der Waals surface area contributed by atoms with Gasteiger partial charge in [0.05, 0.1) is 13.2 Å². The fourth-order valence-electron chi connectivity index (χ4n) is 1.31. The van der Waals surface area contributed by atoms with Crippen molar-refractivity contribution in [2.75, 3.05) is 32.9 Å². The smallest absolute Gasteiger partial charge is 0.120 e. The van der Waals surface area contributed by atoms with E-state index in [-0.39, 0.29) is 0 Å². The Labute approximate surface area is 117 Å². The topological polar surface area (TPSA) is 30.5 Å². The molecule has 3 nitrogen and oxygen atoms in total. The molecule has 0 aliphatic rings. The monoisotopic (exact) mass is 313 g/mol. The zero-order valence-electron chi connectivity index (χ0n) is 10.7. The van der Waals surface area contributed by atoms with Crippen LogP contribution in [-0.4, -0.2) is 32.9 Å². The van der Waals surface area contributed by atoms with E-state index in [2.05, 4.69) is 27.8 Å². The summed E-state index contributed by atoms with van der Waals surface area (Å²) in [4.78, 5) is 0. The van der Waals surface area contributed by atoms with Crippen molar-refractivity contribution in [1.29, 1.82) is 0 Å². The van der Waals surface area contributed by atoms with Crippen LogP contribution >= 0.6 is 15.9 Å². The van der Waals surface area contributed by atoms with E-state index in [1.165, 1.54) is 0 Å². The Balaban J connectivity index is 1.97. The van der Waals surface area contributed by atoms with Gasteiger partial charge in [-0.2, -0.15) is 0 Å². The molecule has 0 aliphatic carbocycles. The molecule has 0 atom stereocenters. The van der Waals surface area contributed by atoms with Gasteiger partial charge in [-0.3, -0.25) is 0 Å². The molecule has 1 rings (SSSR count). The highest BCUT2D eigenvalue weighted by atomic mass is 79.9. The number of nitrogens with one attached hydrogen (secondary N) is 1. The fraction of sp³-hybridized carbons (Fsp3) is 0.429. The molecular formula is C14H20BrNO2. The molecule has 18 heavy (non-hydrogen) atoms. The van der Waals surface area contributed by atoms with Crippen molar-refractivity contribution in [3.05, 3.63) is 40.9 Å². The van der Waals surface area contributed by atoms with E-state index in [0.29, 0.717) is 19.8 Å². The predicted octanol–water partition coefficient (Wildman–Crippen LogP) is 3.01. The van der Waals surface area contributed by atoms with Gasteiger partial charge in [0.15, 0.2) is 0 Å². The third-order valence-electron chi connectivity index (χ3n) is 2.12. The van der Waals surface area contributed by atoms with Gasteiger partial charge < -0.3 is 14.8 Å². The molecule has 0 radical (unpaired) electrons. The third-order valence-corrected chi connectivity index (χ3v) is 2.61. The largest absolute Gasteiger partial charge is 0.492 e. The summed E-state index contributed by atoms with van der Waals surface area (Å²) in [5, 5.41) is 3.25. The van der Waals surface area contributed by atoms with Gasteiger partial charge in [-0.15, -0.1) is 0 Å². The van der Waals surface area contributed by atoms with Crippen molar-refractivity contribution in [1.82, 2.24) is 5.32 Å². The van der Waals surface area contributed by atoms with Crippen LogP contribution in [0.15, 0.2) is 40.9 Å². The minimum absolute atomic E-state index is 0.635. The first-order chi connectivity index (χ1) is 8.68. The van der Waals surface area contributed by atoms with Gasteiger partial charge in [0.25, 0.3) is 0 Å². The average Bonchev–Trinajstić information content (AvgIpc) is 2.32. The maximum atomic E-state index is 5.58. The molecule has 0 unspecified atom stereocenters. The van der Waals surface area contributed by atoms with E-state index in [0.717, 1.165) is 28.9 Å². The quantitative estimate of drug-likeness (QED) is 0.561. The van der Waals surface area contributed by atoms with Crippen LogP contribution in [-0.2, 0) is 4.74 Å².